The lowest BCUT2D eigenvalue weighted by Crippen LogP contribution is -2.71. The normalized spacial score (nSPS) is 25.1. The highest BCUT2D eigenvalue weighted by molar-refractivity contribution is 5.93. The number of hydrogen-bond acceptors (Lipinski definition) is 8. The van der Waals surface area contributed by atoms with Crippen LogP contribution in [0.1, 0.15) is 38.4 Å². The number of fused-ring (bicyclic) bond motifs is 1. The fourth-order valence-corrected chi connectivity index (χ4v) is 5.06. The van der Waals surface area contributed by atoms with Gasteiger partial charge in [-0.3, -0.25) is 19.6 Å². The van der Waals surface area contributed by atoms with Crippen LogP contribution < -0.4 is 10.6 Å². The van der Waals surface area contributed by atoms with Crippen molar-refractivity contribution in [1.29, 1.82) is 0 Å². The predicted molar refractivity (Wildman–Crippen MR) is 151 cm³/mol. The number of aromatic nitrogens is 2. The molecule has 10 nitrogen and oxygen atoms in total. The first-order valence-electron chi connectivity index (χ1n) is 13.7. The van der Waals surface area contributed by atoms with Gasteiger partial charge in [-0.05, 0) is 29.8 Å². The molecule has 0 aliphatic carbocycles. The van der Waals surface area contributed by atoms with Crippen molar-refractivity contribution in [2.45, 2.75) is 43.5 Å². The molecule has 42 heavy (non-hydrogen) atoms. The molecule has 2 N–H and O–H groups in total. The van der Waals surface area contributed by atoms with E-state index in [4.69, 9.17) is 18.9 Å². The van der Waals surface area contributed by atoms with E-state index in [2.05, 4.69) is 20.6 Å². The minimum atomic E-state index is -0.950. The summed E-state index contributed by atoms with van der Waals surface area (Å²) in [6.07, 6.45) is 0.153. The molecule has 0 bridgehead atoms. The molecular formula is C32H30N4O6. The molecule has 10 heteroatoms. The number of pyridine rings is 2. The monoisotopic (exact) mass is 566 g/mol. The van der Waals surface area contributed by atoms with Crippen LogP contribution in [-0.2, 0) is 25.6 Å². The third-order valence-electron chi connectivity index (χ3n) is 7.12. The van der Waals surface area contributed by atoms with Gasteiger partial charge in [-0.1, -0.05) is 72.8 Å². The van der Waals surface area contributed by atoms with E-state index in [1.165, 1.54) is 6.20 Å². The summed E-state index contributed by atoms with van der Waals surface area (Å²) in [5.41, 5.74) is 2.18. The maximum atomic E-state index is 13.5. The van der Waals surface area contributed by atoms with E-state index in [1.807, 2.05) is 60.7 Å². The Morgan fingerprint density at radius 3 is 1.95 bits per heavy atom. The molecule has 2 aliphatic rings. The van der Waals surface area contributed by atoms with Crippen molar-refractivity contribution >= 4 is 11.8 Å². The van der Waals surface area contributed by atoms with Crippen LogP contribution in [0.15, 0.2) is 109 Å². The summed E-state index contributed by atoms with van der Waals surface area (Å²) in [5, 5.41) is 6.07. The molecule has 214 valence electrons. The maximum absolute atomic E-state index is 13.5. The van der Waals surface area contributed by atoms with Gasteiger partial charge >= 0.3 is 0 Å². The second kappa shape index (κ2) is 13.0. The van der Waals surface area contributed by atoms with E-state index in [9.17, 15) is 9.59 Å². The first-order valence-corrected chi connectivity index (χ1v) is 13.7. The van der Waals surface area contributed by atoms with Gasteiger partial charge in [0.05, 0.1) is 19.3 Å². The first-order chi connectivity index (χ1) is 20.7. The molecule has 0 spiro atoms. The number of carbonyl (C=O) groups excluding carboxylic acids is 2. The van der Waals surface area contributed by atoms with Crippen LogP contribution in [0.3, 0.4) is 0 Å². The molecule has 6 atom stereocenters. The third kappa shape index (κ3) is 6.37. The Morgan fingerprint density at radius 1 is 0.738 bits per heavy atom. The molecular weight excluding hydrogens is 536 g/mol. The average Bonchev–Trinajstić information content (AvgIpc) is 3.06. The van der Waals surface area contributed by atoms with Crippen molar-refractivity contribution < 1.29 is 28.5 Å². The molecule has 0 unspecified atom stereocenters. The summed E-state index contributed by atoms with van der Waals surface area (Å²) in [6.45, 7) is 0.403. The summed E-state index contributed by atoms with van der Waals surface area (Å²) in [7, 11) is 0. The molecule has 2 saturated heterocycles. The fourth-order valence-electron chi connectivity index (χ4n) is 5.06. The molecule has 0 radical (unpaired) electrons. The Balaban J connectivity index is 1.33. The van der Waals surface area contributed by atoms with Gasteiger partial charge in [-0.15, -0.1) is 0 Å². The van der Waals surface area contributed by atoms with Crippen molar-refractivity contribution in [1.82, 2.24) is 20.6 Å². The molecule has 0 saturated carbocycles. The fraction of sp³-hybridized carbons (Fsp3) is 0.250. The van der Waals surface area contributed by atoms with Gasteiger partial charge in [0.15, 0.2) is 12.6 Å². The Labute approximate surface area is 243 Å². The Hall–Kier alpha value is -4.48. The summed E-state index contributed by atoms with van der Waals surface area (Å²) < 4.78 is 25.1. The van der Waals surface area contributed by atoms with Crippen LogP contribution in [0.4, 0.5) is 0 Å². The van der Waals surface area contributed by atoms with Gasteiger partial charge in [0.25, 0.3) is 11.8 Å². The lowest BCUT2D eigenvalue weighted by Gasteiger charge is -2.49. The molecule has 4 aromatic rings. The van der Waals surface area contributed by atoms with Gasteiger partial charge in [-0.2, -0.15) is 0 Å². The molecule has 2 aromatic heterocycles. The van der Waals surface area contributed by atoms with E-state index >= 15 is 0 Å². The van der Waals surface area contributed by atoms with Crippen molar-refractivity contribution in [3.8, 4) is 0 Å². The van der Waals surface area contributed by atoms with Crippen molar-refractivity contribution in [2.24, 2.45) is 0 Å². The number of ether oxygens (including phenoxy) is 4. The van der Waals surface area contributed by atoms with E-state index in [-0.39, 0.29) is 24.6 Å². The number of benzene rings is 2. The zero-order valence-corrected chi connectivity index (χ0v) is 22.6. The summed E-state index contributed by atoms with van der Waals surface area (Å²) in [6, 6.07) is 27.7. The molecule has 6 rings (SSSR count). The SMILES string of the molecule is O=C(N[C@@H]1[C@@H](OCc2ccccc2)O[C@@H]2CO[C@@H](c3ccccc3)O[C@H]2[C@@H]1NC(=O)c1ccccn1)c1ccccn1. The van der Waals surface area contributed by atoms with Crippen LogP contribution in [0.5, 0.6) is 0 Å². The van der Waals surface area contributed by atoms with E-state index in [0.29, 0.717) is 0 Å². The Bertz CT molecular complexity index is 1460. The van der Waals surface area contributed by atoms with Gasteiger partial charge in [-0.25, -0.2) is 0 Å². The predicted octanol–water partition coefficient (Wildman–Crippen LogP) is 3.43. The van der Waals surface area contributed by atoms with E-state index in [1.54, 1.807) is 42.6 Å². The van der Waals surface area contributed by atoms with Crippen molar-refractivity contribution in [3.63, 3.8) is 0 Å². The number of nitrogens with zero attached hydrogens (tertiary/aromatic N) is 2. The molecule has 2 aliphatic heterocycles. The van der Waals surface area contributed by atoms with Crippen LogP contribution in [-0.4, -0.2) is 59.0 Å². The highest BCUT2D eigenvalue weighted by atomic mass is 16.7. The molecule has 4 heterocycles. The quantitative estimate of drug-likeness (QED) is 0.333. The lowest BCUT2D eigenvalue weighted by molar-refractivity contribution is -0.329. The number of carbonyl (C=O) groups is 2. The first kappa shape index (κ1) is 27.7. The highest BCUT2D eigenvalue weighted by Crippen LogP contribution is 2.35. The van der Waals surface area contributed by atoms with Crippen molar-refractivity contribution in [3.05, 3.63) is 132 Å². The minimum absolute atomic E-state index is 0.187. The van der Waals surface area contributed by atoms with Crippen LogP contribution in [0.2, 0.25) is 0 Å². The molecule has 2 fully saturated rings. The zero-order chi connectivity index (χ0) is 28.7. The summed E-state index contributed by atoms with van der Waals surface area (Å²) in [4.78, 5) is 35.3. The van der Waals surface area contributed by atoms with Crippen LogP contribution >= 0.6 is 0 Å². The van der Waals surface area contributed by atoms with Gasteiger partial charge in [0.2, 0.25) is 0 Å². The smallest absolute Gasteiger partial charge is 0.270 e. The van der Waals surface area contributed by atoms with Gasteiger partial charge < -0.3 is 29.6 Å². The number of rotatable bonds is 8. The number of amides is 2. The van der Waals surface area contributed by atoms with Crippen LogP contribution in [0.25, 0.3) is 0 Å². The van der Waals surface area contributed by atoms with E-state index < -0.39 is 48.7 Å². The largest absolute Gasteiger partial charge is 0.346 e. The Kier molecular flexibility index (Phi) is 8.57. The zero-order valence-electron chi connectivity index (χ0n) is 22.6. The topological polar surface area (TPSA) is 121 Å². The van der Waals surface area contributed by atoms with Crippen molar-refractivity contribution in [2.75, 3.05) is 6.61 Å². The number of nitrogens with one attached hydrogen (secondary N) is 2. The second-order valence-electron chi connectivity index (χ2n) is 9.94. The maximum Gasteiger partial charge on any atom is 0.270 e. The van der Waals surface area contributed by atoms with Crippen LogP contribution in [0, 0.1) is 0 Å². The Morgan fingerprint density at radius 2 is 1.33 bits per heavy atom. The van der Waals surface area contributed by atoms with Gasteiger partial charge in [0, 0.05) is 18.0 Å². The average molecular weight is 567 g/mol. The second-order valence-corrected chi connectivity index (χ2v) is 9.94. The summed E-state index contributed by atoms with van der Waals surface area (Å²) >= 11 is 0. The standard InChI is InChI=1S/C32H30N4O6/c37-29(23-15-7-9-17-33-23)35-26-27(36-30(38)24-16-8-10-18-34-24)32(39-19-21-11-3-1-4-12-21)41-25-20-40-31(42-28(25)26)22-13-5-2-6-14-22/h1-18,25-28,31-32H,19-20H2,(H,35,37)(H,36,38)/t25-,26-,27+,28-,31-,32+/m1/s1. The highest BCUT2D eigenvalue weighted by Gasteiger charge is 2.51. The molecule has 2 aromatic carbocycles. The summed E-state index contributed by atoms with van der Waals surface area (Å²) in [5.74, 6) is -0.869. The third-order valence-corrected chi connectivity index (χ3v) is 7.12. The number of hydrogen-bond donors (Lipinski definition) is 2. The lowest BCUT2D eigenvalue weighted by atomic mass is 9.92. The minimum Gasteiger partial charge on any atom is -0.346 e. The van der Waals surface area contributed by atoms with E-state index in [0.717, 1.165) is 11.1 Å². The molecule has 2 amide bonds. The van der Waals surface area contributed by atoms with Gasteiger partial charge in [0.1, 0.15) is 29.6 Å².